The average molecular weight is 324 g/mol. The molecule has 1 aliphatic carbocycles. The van der Waals surface area contributed by atoms with E-state index in [2.05, 4.69) is 10.3 Å². The molecule has 6 heteroatoms. The van der Waals surface area contributed by atoms with Gasteiger partial charge in [-0.2, -0.15) is 0 Å². The van der Waals surface area contributed by atoms with Crippen LogP contribution in [0.2, 0.25) is 0 Å². The molecule has 0 atom stereocenters. The molecule has 0 amide bonds. The van der Waals surface area contributed by atoms with Crippen LogP contribution in [0, 0.1) is 5.41 Å². The van der Waals surface area contributed by atoms with Crippen molar-refractivity contribution in [3.63, 3.8) is 0 Å². The van der Waals surface area contributed by atoms with E-state index in [0.717, 1.165) is 23.2 Å². The van der Waals surface area contributed by atoms with Crippen LogP contribution < -0.4 is 5.32 Å². The number of nitrogens with zero attached hydrogens (tertiary/aromatic N) is 1. The van der Waals surface area contributed by atoms with Crippen molar-refractivity contribution < 1.29 is 8.42 Å². The topological polar surface area (TPSA) is 58.5 Å². The highest BCUT2D eigenvalue weighted by molar-refractivity contribution is 8.14. The van der Waals surface area contributed by atoms with Gasteiger partial charge in [-0.25, -0.2) is 8.42 Å². The second-order valence-electron chi connectivity index (χ2n) is 6.04. The van der Waals surface area contributed by atoms with Gasteiger partial charge in [0.25, 0.3) is 0 Å². The van der Waals surface area contributed by atoms with Crippen LogP contribution in [0.1, 0.15) is 25.7 Å². The number of anilines is 1. The fourth-order valence-electron chi connectivity index (χ4n) is 2.96. The summed E-state index contributed by atoms with van der Waals surface area (Å²) in [6, 6.07) is 6.84. The van der Waals surface area contributed by atoms with E-state index in [1.165, 1.54) is 31.9 Å². The standard InChI is InChI=1S/C15H20N2O2S2/c1-21(18,19)13-6-4-12(5-7-13)17-14-16-10-15(11-20-14)8-2-3-9-15/h4-7H,2-3,8-11H2,1H3,(H,16,17). The molecule has 1 aromatic carbocycles. The summed E-state index contributed by atoms with van der Waals surface area (Å²) in [6.45, 7) is 0.920. The lowest BCUT2D eigenvalue weighted by Crippen LogP contribution is -2.30. The number of benzene rings is 1. The molecule has 1 spiro atoms. The Morgan fingerprint density at radius 3 is 2.38 bits per heavy atom. The molecule has 0 aromatic heterocycles. The Kier molecular flexibility index (Phi) is 4.01. The largest absolute Gasteiger partial charge is 0.335 e. The molecule has 1 N–H and O–H groups in total. The lowest BCUT2D eigenvalue weighted by molar-refractivity contribution is 0.359. The van der Waals surface area contributed by atoms with Crippen LogP contribution in [0.3, 0.4) is 0 Å². The van der Waals surface area contributed by atoms with Crippen molar-refractivity contribution in [2.24, 2.45) is 10.4 Å². The quantitative estimate of drug-likeness (QED) is 0.908. The van der Waals surface area contributed by atoms with Gasteiger partial charge in [0.2, 0.25) is 0 Å². The molecule has 3 rings (SSSR count). The Bertz CT molecular complexity index is 645. The SMILES string of the molecule is CS(=O)(=O)c1ccc(NC2=NCC3(CCCC3)CS2)cc1. The fourth-order valence-corrected chi connectivity index (χ4v) is 4.76. The highest BCUT2D eigenvalue weighted by Gasteiger charge is 2.36. The molecule has 1 saturated carbocycles. The zero-order chi connectivity index (χ0) is 14.9. The smallest absolute Gasteiger partial charge is 0.175 e. The number of aliphatic imine (C=N–C) groups is 1. The van der Waals surface area contributed by atoms with Gasteiger partial charge in [0, 0.05) is 24.2 Å². The van der Waals surface area contributed by atoms with E-state index in [9.17, 15) is 8.42 Å². The third-order valence-corrected chi connectivity index (χ3v) is 6.66. The second-order valence-corrected chi connectivity index (χ2v) is 9.02. The number of sulfone groups is 1. The van der Waals surface area contributed by atoms with E-state index in [4.69, 9.17) is 0 Å². The first-order valence-electron chi connectivity index (χ1n) is 7.21. The number of nitrogens with one attached hydrogen (secondary N) is 1. The lowest BCUT2D eigenvalue weighted by Gasteiger charge is -2.31. The molecule has 114 valence electrons. The van der Waals surface area contributed by atoms with Gasteiger partial charge in [-0.1, -0.05) is 24.6 Å². The van der Waals surface area contributed by atoms with E-state index >= 15 is 0 Å². The summed E-state index contributed by atoms with van der Waals surface area (Å²) in [6.07, 6.45) is 6.51. The van der Waals surface area contributed by atoms with E-state index in [1.54, 1.807) is 36.0 Å². The van der Waals surface area contributed by atoms with Gasteiger partial charge >= 0.3 is 0 Å². The maximum absolute atomic E-state index is 11.4. The van der Waals surface area contributed by atoms with Gasteiger partial charge in [0.05, 0.1) is 4.90 Å². The molecule has 1 heterocycles. The van der Waals surface area contributed by atoms with E-state index in [1.807, 2.05) is 0 Å². The molecule has 1 aliphatic heterocycles. The lowest BCUT2D eigenvalue weighted by atomic mass is 9.89. The summed E-state index contributed by atoms with van der Waals surface area (Å²) in [5.74, 6) is 1.14. The molecule has 4 nitrogen and oxygen atoms in total. The Hall–Kier alpha value is -1.01. The van der Waals surface area contributed by atoms with E-state index in [-0.39, 0.29) is 0 Å². The molecule has 0 radical (unpaired) electrons. The van der Waals surface area contributed by atoms with Gasteiger partial charge in [0.1, 0.15) is 0 Å². The summed E-state index contributed by atoms with van der Waals surface area (Å²) in [5, 5.41) is 4.23. The predicted molar refractivity (Wildman–Crippen MR) is 88.8 cm³/mol. The van der Waals surface area contributed by atoms with E-state index in [0.29, 0.717) is 10.3 Å². The van der Waals surface area contributed by atoms with Crippen LogP contribution in [0.25, 0.3) is 0 Å². The van der Waals surface area contributed by atoms with Crippen LogP contribution in [0.15, 0.2) is 34.2 Å². The van der Waals surface area contributed by atoms with Crippen LogP contribution in [-0.2, 0) is 9.84 Å². The number of thioether (sulfide) groups is 1. The van der Waals surface area contributed by atoms with Crippen LogP contribution >= 0.6 is 11.8 Å². The van der Waals surface area contributed by atoms with Crippen LogP contribution in [0.4, 0.5) is 5.69 Å². The Morgan fingerprint density at radius 1 is 1.19 bits per heavy atom. The third-order valence-electron chi connectivity index (χ3n) is 4.27. The molecule has 0 saturated heterocycles. The maximum atomic E-state index is 11.4. The highest BCUT2D eigenvalue weighted by atomic mass is 32.2. The Labute approximate surface area is 130 Å². The molecule has 1 aromatic rings. The molecular weight excluding hydrogens is 304 g/mol. The van der Waals surface area contributed by atoms with Crippen molar-refractivity contribution in [3.05, 3.63) is 24.3 Å². The summed E-state index contributed by atoms with van der Waals surface area (Å²) in [5.41, 5.74) is 1.33. The van der Waals surface area contributed by atoms with Crippen molar-refractivity contribution in [3.8, 4) is 0 Å². The van der Waals surface area contributed by atoms with Gasteiger partial charge in [-0.15, -0.1) is 0 Å². The minimum atomic E-state index is -3.13. The first-order valence-corrected chi connectivity index (χ1v) is 10.1. The highest BCUT2D eigenvalue weighted by Crippen LogP contribution is 2.43. The number of hydrogen-bond acceptors (Lipinski definition) is 5. The van der Waals surface area contributed by atoms with Crippen molar-refractivity contribution in [2.45, 2.75) is 30.6 Å². The van der Waals surface area contributed by atoms with Gasteiger partial charge < -0.3 is 5.32 Å². The number of rotatable bonds is 2. The number of amidine groups is 1. The van der Waals surface area contributed by atoms with Crippen molar-refractivity contribution in [1.29, 1.82) is 0 Å². The predicted octanol–water partition coefficient (Wildman–Crippen LogP) is 3.17. The minimum Gasteiger partial charge on any atom is -0.335 e. The summed E-state index contributed by atoms with van der Waals surface area (Å²) in [7, 11) is -3.13. The summed E-state index contributed by atoms with van der Waals surface area (Å²) in [4.78, 5) is 5.03. The van der Waals surface area contributed by atoms with Crippen molar-refractivity contribution in [1.82, 2.24) is 0 Å². The Morgan fingerprint density at radius 2 is 1.86 bits per heavy atom. The van der Waals surface area contributed by atoms with Gasteiger partial charge in [-0.05, 0) is 42.5 Å². The zero-order valence-electron chi connectivity index (χ0n) is 12.1. The summed E-state index contributed by atoms with van der Waals surface area (Å²) >= 11 is 1.78. The zero-order valence-corrected chi connectivity index (χ0v) is 13.8. The van der Waals surface area contributed by atoms with Crippen LogP contribution in [0.5, 0.6) is 0 Å². The van der Waals surface area contributed by atoms with Gasteiger partial charge in [-0.3, -0.25) is 4.99 Å². The minimum absolute atomic E-state index is 0.344. The maximum Gasteiger partial charge on any atom is 0.175 e. The second kappa shape index (κ2) is 5.65. The van der Waals surface area contributed by atoms with Gasteiger partial charge in [0.15, 0.2) is 15.0 Å². The first kappa shape index (κ1) is 14.9. The average Bonchev–Trinajstić information content (AvgIpc) is 2.90. The first-order chi connectivity index (χ1) is 9.97. The molecule has 1 fully saturated rings. The number of hydrogen-bond donors (Lipinski definition) is 1. The molecule has 21 heavy (non-hydrogen) atoms. The van der Waals surface area contributed by atoms with E-state index < -0.39 is 9.84 Å². The monoisotopic (exact) mass is 324 g/mol. The third kappa shape index (κ3) is 3.43. The van der Waals surface area contributed by atoms with Crippen LogP contribution in [-0.4, -0.2) is 32.1 Å². The molecule has 2 aliphatic rings. The molecular formula is C15H20N2O2S2. The normalized spacial score (nSPS) is 21.3. The van der Waals surface area contributed by atoms with Crippen molar-refractivity contribution >= 4 is 32.5 Å². The molecule has 0 bridgehead atoms. The summed E-state index contributed by atoms with van der Waals surface area (Å²) < 4.78 is 22.9. The Balaban J connectivity index is 1.66. The molecule has 0 unspecified atom stereocenters. The fraction of sp³-hybridized carbons (Fsp3) is 0.533. The van der Waals surface area contributed by atoms with Crippen molar-refractivity contribution in [2.75, 3.05) is 23.9 Å².